The maximum Gasteiger partial charge on any atom is 0.250 e. The van der Waals surface area contributed by atoms with E-state index in [1.807, 2.05) is 6.92 Å². The van der Waals surface area contributed by atoms with Gasteiger partial charge in [-0.1, -0.05) is 6.07 Å². The lowest BCUT2D eigenvalue weighted by atomic mass is 10.1. The lowest BCUT2D eigenvalue weighted by Crippen LogP contribution is -2.24. The van der Waals surface area contributed by atoms with Gasteiger partial charge in [0.1, 0.15) is 4.21 Å². The van der Waals surface area contributed by atoms with E-state index >= 15 is 0 Å². The predicted octanol–water partition coefficient (Wildman–Crippen LogP) is 1.69. The molecule has 18 heavy (non-hydrogen) atoms. The molecule has 0 unspecified atom stereocenters. The first-order chi connectivity index (χ1) is 8.59. The highest BCUT2D eigenvalue weighted by Gasteiger charge is 2.13. The maximum absolute atomic E-state index is 11.8. The average molecular weight is 285 g/mol. The molecule has 0 saturated heterocycles. The van der Waals surface area contributed by atoms with Gasteiger partial charge in [0, 0.05) is 12.2 Å². The zero-order valence-electron chi connectivity index (χ0n) is 10.0. The van der Waals surface area contributed by atoms with Gasteiger partial charge in [-0.2, -0.15) is 5.10 Å². The Morgan fingerprint density at radius 1 is 1.50 bits per heavy atom. The Labute approximate surface area is 110 Å². The number of thiophene rings is 1. The standard InChI is InChI=1S/C11H15N3O2S2/c1-9-10(8-12-14-9)4-2-6-13-18(15,16)11-5-3-7-17-11/h3,5,7-8,13H,2,4,6H2,1H3,(H,12,14). The van der Waals surface area contributed by atoms with E-state index in [1.165, 1.54) is 11.3 Å². The second kappa shape index (κ2) is 5.64. The first-order valence-corrected chi connectivity index (χ1v) is 7.98. The van der Waals surface area contributed by atoms with Crippen LogP contribution in [0.15, 0.2) is 27.9 Å². The van der Waals surface area contributed by atoms with Crippen molar-refractivity contribution in [3.05, 3.63) is 35.0 Å². The van der Waals surface area contributed by atoms with Crippen LogP contribution in [0, 0.1) is 6.92 Å². The molecule has 0 aliphatic rings. The Hall–Kier alpha value is -1.18. The number of hydrogen-bond donors (Lipinski definition) is 2. The number of nitrogens with one attached hydrogen (secondary N) is 2. The van der Waals surface area contributed by atoms with Crippen molar-refractivity contribution < 1.29 is 8.42 Å². The number of rotatable bonds is 6. The Morgan fingerprint density at radius 3 is 2.94 bits per heavy atom. The van der Waals surface area contributed by atoms with Crippen LogP contribution in [0.5, 0.6) is 0 Å². The second-order valence-corrected chi connectivity index (χ2v) is 6.90. The highest BCUT2D eigenvalue weighted by Crippen LogP contribution is 2.15. The van der Waals surface area contributed by atoms with Gasteiger partial charge in [-0.25, -0.2) is 13.1 Å². The van der Waals surface area contributed by atoms with Crippen molar-refractivity contribution in [1.82, 2.24) is 14.9 Å². The van der Waals surface area contributed by atoms with Gasteiger partial charge in [0.05, 0.1) is 6.20 Å². The molecule has 2 aromatic rings. The Balaban J connectivity index is 1.81. The summed E-state index contributed by atoms with van der Waals surface area (Å²) in [6, 6.07) is 3.33. The summed E-state index contributed by atoms with van der Waals surface area (Å²) in [5, 5.41) is 8.54. The zero-order chi connectivity index (χ0) is 13.0. The van der Waals surface area contributed by atoms with E-state index in [0.717, 1.165) is 24.1 Å². The smallest absolute Gasteiger partial charge is 0.250 e. The summed E-state index contributed by atoms with van der Waals surface area (Å²) in [7, 11) is -3.32. The third-order valence-corrected chi connectivity index (χ3v) is 5.47. The minimum Gasteiger partial charge on any atom is -0.283 e. The molecule has 0 amide bonds. The quantitative estimate of drug-likeness (QED) is 0.793. The molecule has 0 spiro atoms. The van der Waals surface area contributed by atoms with Crippen molar-refractivity contribution in [3.8, 4) is 0 Å². The van der Waals surface area contributed by atoms with E-state index in [4.69, 9.17) is 0 Å². The first-order valence-electron chi connectivity index (χ1n) is 5.61. The molecular weight excluding hydrogens is 270 g/mol. The topological polar surface area (TPSA) is 74.8 Å². The molecular formula is C11H15N3O2S2. The first kappa shape index (κ1) is 13.3. The fraction of sp³-hybridized carbons (Fsp3) is 0.364. The number of sulfonamides is 1. The van der Waals surface area contributed by atoms with Gasteiger partial charge in [0.15, 0.2) is 0 Å². The molecule has 2 aromatic heterocycles. The van der Waals surface area contributed by atoms with Crippen LogP contribution in [-0.4, -0.2) is 25.2 Å². The van der Waals surface area contributed by atoms with Crippen molar-refractivity contribution in [1.29, 1.82) is 0 Å². The lowest BCUT2D eigenvalue weighted by Gasteiger charge is -2.04. The third kappa shape index (κ3) is 3.18. The lowest BCUT2D eigenvalue weighted by molar-refractivity contribution is 0.581. The normalized spacial score (nSPS) is 11.8. The number of aryl methyl sites for hydroxylation is 2. The van der Waals surface area contributed by atoms with E-state index < -0.39 is 10.0 Å². The minimum absolute atomic E-state index is 0.363. The molecule has 7 heteroatoms. The van der Waals surface area contributed by atoms with Crippen LogP contribution in [0.1, 0.15) is 17.7 Å². The summed E-state index contributed by atoms with van der Waals surface area (Å²) in [4.78, 5) is 0. The molecule has 0 bridgehead atoms. The van der Waals surface area contributed by atoms with Gasteiger partial charge >= 0.3 is 0 Å². The summed E-state index contributed by atoms with van der Waals surface area (Å²) < 4.78 is 26.6. The van der Waals surface area contributed by atoms with Crippen LogP contribution >= 0.6 is 11.3 Å². The van der Waals surface area contributed by atoms with E-state index in [2.05, 4.69) is 14.9 Å². The molecule has 0 aromatic carbocycles. The van der Waals surface area contributed by atoms with Crippen LogP contribution < -0.4 is 4.72 Å². The van der Waals surface area contributed by atoms with Gasteiger partial charge in [-0.05, 0) is 36.8 Å². The fourth-order valence-electron chi connectivity index (χ4n) is 1.60. The van der Waals surface area contributed by atoms with Crippen molar-refractivity contribution in [2.24, 2.45) is 0 Å². The number of H-pyrrole nitrogens is 1. The summed E-state index contributed by atoms with van der Waals surface area (Å²) >= 11 is 1.22. The van der Waals surface area contributed by atoms with Crippen LogP contribution in [0.2, 0.25) is 0 Å². The van der Waals surface area contributed by atoms with E-state index in [0.29, 0.717) is 10.8 Å². The molecule has 0 atom stereocenters. The van der Waals surface area contributed by atoms with Crippen LogP contribution in [0.4, 0.5) is 0 Å². The molecule has 0 radical (unpaired) electrons. The minimum atomic E-state index is -3.32. The van der Waals surface area contributed by atoms with Crippen LogP contribution in [-0.2, 0) is 16.4 Å². The molecule has 2 N–H and O–H groups in total. The Kier molecular flexibility index (Phi) is 4.15. The zero-order valence-corrected chi connectivity index (χ0v) is 11.6. The molecule has 0 fully saturated rings. The molecule has 98 valence electrons. The molecule has 0 saturated carbocycles. The van der Waals surface area contributed by atoms with Gasteiger partial charge in [0.25, 0.3) is 0 Å². The van der Waals surface area contributed by atoms with Crippen molar-refractivity contribution in [3.63, 3.8) is 0 Å². The van der Waals surface area contributed by atoms with Crippen molar-refractivity contribution in [2.45, 2.75) is 24.0 Å². The van der Waals surface area contributed by atoms with Gasteiger partial charge in [0.2, 0.25) is 10.0 Å². The third-order valence-electron chi connectivity index (χ3n) is 2.61. The van der Waals surface area contributed by atoms with E-state index in [1.54, 1.807) is 23.7 Å². The largest absolute Gasteiger partial charge is 0.283 e. The van der Waals surface area contributed by atoms with Gasteiger partial charge in [-0.3, -0.25) is 5.10 Å². The van der Waals surface area contributed by atoms with Gasteiger partial charge in [-0.15, -0.1) is 11.3 Å². The second-order valence-electron chi connectivity index (χ2n) is 3.95. The summed E-state index contributed by atoms with van der Waals surface area (Å²) in [5.41, 5.74) is 2.17. The Morgan fingerprint density at radius 2 is 2.33 bits per heavy atom. The van der Waals surface area contributed by atoms with Gasteiger partial charge < -0.3 is 0 Å². The molecule has 0 aliphatic heterocycles. The summed E-state index contributed by atoms with van der Waals surface area (Å²) in [5.74, 6) is 0. The highest BCUT2D eigenvalue weighted by atomic mass is 32.2. The number of nitrogens with zero attached hydrogens (tertiary/aromatic N) is 1. The highest BCUT2D eigenvalue weighted by molar-refractivity contribution is 7.91. The number of hydrogen-bond acceptors (Lipinski definition) is 4. The SMILES string of the molecule is Cc1[nH]ncc1CCCNS(=O)(=O)c1cccs1. The van der Waals surface area contributed by atoms with E-state index in [-0.39, 0.29) is 0 Å². The number of aromatic nitrogens is 2. The average Bonchev–Trinajstić information content (AvgIpc) is 2.96. The fourth-order valence-corrected chi connectivity index (χ4v) is 3.71. The Bertz CT molecular complexity index is 588. The number of aromatic amines is 1. The van der Waals surface area contributed by atoms with Crippen LogP contribution in [0.25, 0.3) is 0 Å². The van der Waals surface area contributed by atoms with Crippen molar-refractivity contribution in [2.75, 3.05) is 6.54 Å². The predicted molar refractivity (Wildman–Crippen MR) is 71.2 cm³/mol. The monoisotopic (exact) mass is 285 g/mol. The molecule has 5 nitrogen and oxygen atoms in total. The van der Waals surface area contributed by atoms with Crippen LogP contribution in [0.3, 0.4) is 0 Å². The summed E-state index contributed by atoms with van der Waals surface area (Å²) in [6.07, 6.45) is 3.35. The molecule has 0 aliphatic carbocycles. The van der Waals surface area contributed by atoms with E-state index in [9.17, 15) is 8.42 Å². The molecule has 2 heterocycles. The summed E-state index contributed by atoms with van der Waals surface area (Å²) in [6.45, 7) is 2.39. The van der Waals surface area contributed by atoms with Crippen molar-refractivity contribution >= 4 is 21.4 Å². The maximum atomic E-state index is 11.8. The molecule has 2 rings (SSSR count).